The van der Waals surface area contributed by atoms with E-state index in [0.717, 1.165) is 26.4 Å². The number of hydrogen-bond acceptors (Lipinski definition) is 1. The number of aromatic carboxylic acids is 1. The van der Waals surface area contributed by atoms with Crippen LogP contribution in [-0.2, 0) is 7.05 Å². The molecule has 0 amide bonds. The lowest BCUT2D eigenvalue weighted by atomic mass is 10.2. The highest BCUT2D eigenvalue weighted by atomic mass is 79.9. The molecule has 0 aliphatic rings. The van der Waals surface area contributed by atoms with Crippen LogP contribution in [0, 0.1) is 0 Å². The topological polar surface area (TPSA) is 58.0 Å². The first kappa shape index (κ1) is 10.4. The normalized spacial score (nSPS) is 11.4. The van der Waals surface area contributed by atoms with Gasteiger partial charge < -0.3 is 14.7 Å². The van der Waals surface area contributed by atoms with Crippen LogP contribution in [0.2, 0.25) is 0 Å². The van der Waals surface area contributed by atoms with Crippen molar-refractivity contribution >= 4 is 43.8 Å². The molecule has 0 atom stereocenters. The van der Waals surface area contributed by atoms with Crippen molar-refractivity contribution in [1.29, 1.82) is 0 Å². The lowest BCUT2D eigenvalue weighted by molar-refractivity contribution is 0.0687. The summed E-state index contributed by atoms with van der Waals surface area (Å²) in [6, 6.07) is 7.57. The van der Waals surface area contributed by atoms with Gasteiger partial charge in [0, 0.05) is 22.4 Å². The molecule has 3 aromatic rings. The Kier molecular flexibility index (Phi) is 2.06. The number of carboxylic acids is 1. The quantitative estimate of drug-likeness (QED) is 0.724. The van der Waals surface area contributed by atoms with E-state index in [1.165, 1.54) is 0 Å². The van der Waals surface area contributed by atoms with Crippen molar-refractivity contribution in [3.05, 3.63) is 34.4 Å². The van der Waals surface area contributed by atoms with Gasteiger partial charge in [0.15, 0.2) is 0 Å². The molecule has 0 saturated carbocycles. The lowest BCUT2D eigenvalue weighted by Crippen LogP contribution is -2.03. The molecule has 1 aromatic carbocycles. The summed E-state index contributed by atoms with van der Waals surface area (Å²) in [4.78, 5) is 14.3. The number of H-pyrrole nitrogens is 1. The molecule has 2 N–H and O–H groups in total. The van der Waals surface area contributed by atoms with Crippen molar-refractivity contribution in [2.45, 2.75) is 0 Å². The zero-order valence-corrected chi connectivity index (χ0v) is 10.6. The summed E-state index contributed by atoms with van der Waals surface area (Å²) < 4.78 is 2.67. The molecular weight excluding hydrogens is 284 g/mol. The lowest BCUT2D eigenvalue weighted by Gasteiger charge is -1.99. The summed E-state index contributed by atoms with van der Waals surface area (Å²) in [5, 5.41) is 10.1. The van der Waals surface area contributed by atoms with Crippen molar-refractivity contribution in [1.82, 2.24) is 9.55 Å². The second-order valence-electron chi connectivity index (χ2n) is 3.97. The van der Waals surface area contributed by atoms with Gasteiger partial charge in [-0.05, 0) is 24.3 Å². The minimum absolute atomic E-state index is 0.285. The van der Waals surface area contributed by atoms with Gasteiger partial charge in [-0.3, -0.25) is 0 Å². The van der Waals surface area contributed by atoms with E-state index in [0.29, 0.717) is 0 Å². The maximum absolute atomic E-state index is 11.0. The monoisotopic (exact) mass is 292 g/mol. The van der Waals surface area contributed by atoms with Crippen LogP contribution in [0.5, 0.6) is 0 Å². The van der Waals surface area contributed by atoms with E-state index in [4.69, 9.17) is 5.11 Å². The first-order valence-corrected chi connectivity index (χ1v) is 5.87. The van der Waals surface area contributed by atoms with Gasteiger partial charge in [-0.25, -0.2) is 4.79 Å². The molecule has 4 nitrogen and oxygen atoms in total. The highest BCUT2D eigenvalue weighted by Gasteiger charge is 2.15. The molecule has 17 heavy (non-hydrogen) atoms. The summed E-state index contributed by atoms with van der Waals surface area (Å²) in [6.45, 7) is 0. The summed E-state index contributed by atoms with van der Waals surface area (Å²) in [5.74, 6) is -0.916. The second kappa shape index (κ2) is 3.37. The molecule has 0 aliphatic heterocycles. The number of nitrogens with one attached hydrogen (secondary N) is 1. The van der Waals surface area contributed by atoms with Gasteiger partial charge in [-0.1, -0.05) is 15.9 Å². The number of fused-ring (bicyclic) bond motifs is 3. The first-order chi connectivity index (χ1) is 8.08. The van der Waals surface area contributed by atoms with E-state index in [1.807, 2.05) is 18.2 Å². The Hall–Kier alpha value is -1.75. The Morgan fingerprint density at radius 3 is 2.82 bits per heavy atom. The molecule has 0 fully saturated rings. The molecule has 2 heterocycles. The third kappa shape index (κ3) is 1.39. The molecule has 0 bridgehead atoms. The Morgan fingerprint density at radius 2 is 2.12 bits per heavy atom. The van der Waals surface area contributed by atoms with Crippen molar-refractivity contribution in [3.8, 4) is 0 Å². The van der Waals surface area contributed by atoms with E-state index in [2.05, 4.69) is 20.9 Å². The van der Waals surface area contributed by atoms with E-state index in [-0.39, 0.29) is 5.69 Å². The van der Waals surface area contributed by atoms with Gasteiger partial charge in [0.05, 0.1) is 11.0 Å². The van der Waals surface area contributed by atoms with Gasteiger partial charge in [0.1, 0.15) is 5.69 Å². The molecule has 2 aromatic heterocycles. The number of benzene rings is 1. The van der Waals surface area contributed by atoms with Crippen LogP contribution >= 0.6 is 15.9 Å². The number of aromatic nitrogens is 2. The molecule has 0 unspecified atom stereocenters. The van der Waals surface area contributed by atoms with E-state index in [9.17, 15) is 4.79 Å². The van der Waals surface area contributed by atoms with Crippen molar-refractivity contribution in [2.24, 2.45) is 7.05 Å². The Bertz CT molecular complexity index is 755. The number of carboxylic acid groups (broad SMARTS) is 1. The van der Waals surface area contributed by atoms with Crippen LogP contribution in [0.15, 0.2) is 28.7 Å². The minimum atomic E-state index is -0.916. The molecule has 5 heteroatoms. The highest BCUT2D eigenvalue weighted by molar-refractivity contribution is 9.10. The van der Waals surface area contributed by atoms with Gasteiger partial charge in [-0.15, -0.1) is 0 Å². The maximum Gasteiger partial charge on any atom is 0.352 e. The van der Waals surface area contributed by atoms with E-state index in [1.54, 1.807) is 17.7 Å². The zero-order chi connectivity index (χ0) is 12.2. The van der Waals surface area contributed by atoms with Crippen LogP contribution in [-0.4, -0.2) is 20.6 Å². The van der Waals surface area contributed by atoms with Crippen LogP contribution in [0.4, 0.5) is 0 Å². The third-order valence-electron chi connectivity index (χ3n) is 2.96. The molecule has 0 aliphatic carbocycles. The molecule has 3 rings (SSSR count). The number of halogens is 1. The number of aryl methyl sites for hydroxylation is 1. The molecule has 86 valence electrons. The highest BCUT2D eigenvalue weighted by Crippen LogP contribution is 2.29. The summed E-state index contributed by atoms with van der Waals surface area (Å²) in [5.41, 5.74) is 3.05. The fraction of sp³-hybridized carbons (Fsp3) is 0.0833. The molecule has 0 spiro atoms. The third-order valence-corrected chi connectivity index (χ3v) is 3.45. The van der Waals surface area contributed by atoms with E-state index < -0.39 is 5.97 Å². The predicted octanol–water partition coefficient (Wildman–Crippen LogP) is 3.12. The molecule has 0 saturated heterocycles. The van der Waals surface area contributed by atoms with Gasteiger partial charge in [0.25, 0.3) is 0 Å². The number of rotatable bonds is 1. The first-order valence-electron chi connectivity index (χ1n) is 5.08. The summed E-state index contributed by atoms with van der Waals surface area (Å²) in [6.07, 6.45) is 0. The predicted molar refractivity (Wildman–Crippen MR) is 69.4 cm³/mol. The average molecular weight is 293 g/mol. The van der Waals surface area contributed by atoms with Gasteiger partial charge in [-0.2, -0.15) is 0 Å². The van der Waals surface area contributed by atoms with Crippen LogP contribution in [0.3, 0.4) is 0 Å². The Morgan fingerprint density at radius 1 is 1.35 bits per heavy atom. The largest absolute Gasteiger partial charge is 0.477 e. The summed E-state index contributed by atoms with van der Waals surface area (Å²) in [7, 11) is 1.76. The fourth-order valence-corrected chi connectivity index (χ4v) is 2.56. The number of aromatic amines is 1. The van der Waals surface area contributed by atoms with E-state index >= 15 is 0 Å². The standard InChI is InChI=1S/C12H9BrN2O2/c1-15-10(12(16)17)5-9-11(15)7-4-6(13)2-3-8(7)14-9/h2-5,14H,1H3,(H,16,17). The summed E-state index contributed by atoms with van der Waals surface area (Å²) >= 11 is 3.42. The van der Waals surface area contributed by atoms with Crippen LogP contribution in [0.1, 0.15) is 10.5 Å². The van der Waals surface area contributed by atoms with Crippen molar-refractivity contribution in [3.63, 3.8) is 0 Å². The minimum Gasteiger partial charge on any atom is -0.477 e. The smallest absolute Gasteiger partial charge is 0.352 e. The zero-order valence-electron chi connectivity index (χ0n) is 8.99. The van der Waals surface area contributed by atoms with Gasteiger partial charge >= 0.3 is 5.97 Å². The average Bonchev–Trinajstić information content (AvgIpc) is 2.76. The van der Waals surface area contributed by atoms with Crippen molar-refractivity contribution in [2.75, 3.05) is 0 Å². The van der Waals surface area contributed by atoms with Gasteiger partial charge in [0.2, 0.25) is 0 Å². The number of nitrogens with zero attached hydrogens (tertiary/aromatic N) is 1. The van der Waals surface area contributed by atoms with Crippen LogP contribution in [0.25, 0.3) is 21.9 Å². The SMILES string of the molecule is Cn1c(C(=O)O)cc2[nH]c3ccc(Br)cc3c21. The Balaban J connectivity index is 2.48. The second-order valence-corrected chi connectivity index (χ2v) is 4.89. The molecular formula is C12H9BrN2O2. The number of hydrogen-bond donors (Lipinski definition) is 2. The van der Waals surface area contributed by atoms with Crippen molar-refractivity contribution < 1.29 is 9.90 Å². The Labute approximate surface area is 105 Å². The fourth-order valence-electron chi connectivity index (χ4n) is 2.20. The molecule has 0 radical (unpaired) electrons. The van der Waals surface area contributed by atoms with Crippen LogP contribution < -0.4 is 0 Å². The maximum atomic E-state index is 11.0. The number of carbonyl (C=O) groups is 1.